The Morgan fingerprint density at radius 2 is 1.20 bits per heavy atom. The standard InChI is InChI=1S/C18H34O2.NO3.H3N/c1-2-3-4-5-6-7-8-9-10-11-12-13-14-15-16-17-18(19)20;2-1(3)4;/h9-10H,2-8,11-17H2,1H3,(H,19,20);;1H3/q;-1;/p+1. The molecule has 0 aromatic rings. The third-order valence-corrected chi connectivity index (χ3v) is 3.65. The van der Waals surface area contributed by atoms with Gasteiger partial charge in [0.05, 0.1) is 5.09 Å². The maximum Gasteiger partial charge on any atom is 0.303 e. The van der Waals surface area contributed by atoms with E-state index in [9.17, 15) is 4.79 Å². The summed E-state index contributed by atoms with van der Waals surface area (Å²) in [6.45, 7) is 2.26. The second kappa shape index (κ2) is 24.6. The lowest BCUT2D eigenvalue weighted by molar-refractivity contribution is -0.402. The van der Waals surface area contributed by atoms with Gasteiger partial charge in [-0.25, -0.2) is 0 Å². The molecule has 0 aromatic heterocycles. The molecule has 0 heterocycles. The molecular formula is C18H38N2O5. The highest BCUT2D eigenvalue weighted by molar-refractivity contribution is 5.66. The smallest absolute Gasteiger partial charge is 0.303 e. The van der Waals surface area contributed by atoms with Gasteiger partial charge in [0.15, 0.2) is 0 Å². The summed E-state index contributed by atoms with van der Waals surface area (Å²) >= 11 is 0. The van der Waals surface area contributed by atoms with Crippen LogP contribution in [0.3, 0.4) is 0 Å². The number of carboxylic acid groups (broad SMARTS) is 1. The van der Waals surface area contributed by atoms with Crippen molar-refractivity contribution in [2.45, 2.75) is 96.8 Å². The zero-order chi connectivity index (χ0) is 18.5. The molecule has 0 atom stereocenters. The van der Waals surface area contributed by atoms with Gasteiger partial charge in [-0.2, -0.15) is 0 Å². The molecule has 0 amide bonds. The molecule has 0 aliphatic rings. The molecule has 0 radical (unpaired) electrons. The fourth-order valence-corrected chi connectivity index (χ4v) is 2.35. The summed E-state index contributed by atoms with van der Waals surface area (Å²) in [4.78, 5) is 18.6. The van der Waals surface area contributed by atoms with E-state index < -0.39 is 11.1 Å². The highest BCUT2D eigenvalue weighted by atomic mass is 16.9. The Labute approximate surface area is 152 Å². The van der Waals surface area contributed by atoms with E-state index in [0.717, 1.165) is 12.8 Å². The Hall–Kier alpha value is -1.63. The van der Waals surface area contributed by atoms with Crippen molar-refractivity contribution in [3.63, 3.8) is 0 Å². The lowest BCUT2D eigenvalue weighted by Gasteiger charge is -1.99. The third-order valence-electron chi connectivity index (χ3n) is 3.65. The number of quaternary nitrogens is 1. The van der Waals surface area contributed by atoms with E-state index in [2.05, 4.69) is 19.1 Å². The molecule has 25 heavy (non-hydrogen) atoms. The fourth-order valence-electron chi connectivity index (χ4n) is 2.35. The van der Waals surface area contributed by atoms with E-state index in [1.165, 1.54) is 70.6 Å². The first-order valence-corrected chi connectivity index (χ1v) is 9.19. The molecule has 0 aliphatic heterocycles. The minimum absolute atomic E-state index is 0. The molecule has 0 saturated heterocycles. The number of carboxylic acids is 1. The van der Waals surface area contributed by atoms with Crippen molar-refractivity contribution in [1.82, 2.24) is 6.15 Å². The molecule has 0 unspecified atom stereocenters. The van der Waals surface area contributed by atoms with Gasteiger partial charge in [0, 0.05) is 6.42 Å². The second-order valence-corrected chi connectivity index (χ2v) is 5.95. The minimum Gasteiger partial charge on any atom is -0.481 e. The van der Waals surface area contributed by atoms with Crippen LogP contribution in [-0.2, 0) is 4.79 Å². The molecule has 7 nitrogen and oxygen atoms in total. The zero-order valence-electron chi connectivity index (χ0n) is 16.1. The molecule has 0 aromatic carbocycles. The lowest BCUT2D eigenvalue weighted by atomic mass is 10.1. The normalized spacial score (nSPS) is 9.96. The molecule has 150 valence electrons. The van der Waals surface area contributed by atoms with Gasteiger partial charge in [-0.15, -0.1) is 0 Å². The first-order chi connectivity index (χ1) is 11.5. The van der Waals surface area contributed by atoms with Crippen LogP contribution in [-0.4, -0.2) is 16.2 Å². The van der Waals surface area contributed by atoms with E-state index in [1.807, 2.05) is 0 Å². The van der Waals surface area contributed by atoms with Crippen molar-refractivity contribution in [2.75, 3.05) is 0 Å². The van der Waals surface area contributed by atoms with Crippen LogP contribution in [0.5, 0.6) is 0 Å². The molecule has 0 rings (SSSR count). The first kappa shape index (κ1) is 28.2. The Bertz CT molecular complexity index is 319. The summed E-state index contributed by atoms with van der Waals surface area (Å²) < 4.78 is 0. The van der Waals surface area contributed by atoms with Gasteiger partial charge < -0.3 is 26.6 Å². The first-order valence-electron chi connectivity index (χ1n) is 9.19. The topological polar surface area (TPSA) is 140 Å². The van der Waals surface area contributed by atoms with Gasteiger partial charge in [-0.05, 0) is 32.1 Å². The molecule has 0 bridgehead atoms. The largest absolute Gasteiger partial charge is 0.481 e. The molecule has 7 heteroatoms. The highest BCUT2D eigenvalue weighted by Gasteiger charge is 1.95. The van der Waals surface area contributed by atoms with E-state index in [0.29, 0.717) is 6.42 Å². The Morgan fingerprint density at radius 1 is 0.840 bits per heavy atom. The van der Waals surface area contributed by atoms with Crippen molar-refractivity contribution in [3.8, 4) is 0 Å². The molecule has 0 spiro atoms. The van der Waals surface area contributed by atoms with Gasteiger partial charge in [-0.1, -0.05) is 70.4 Å². The van der Waals surface area contributed by atoms with Crippen LogP contribution in [0.2, 0.25) is 0 Å². The molecule has 0 saturated carbocycles. The Morgan fingerprint density at radius 3 is 1.60 bits per heavy atom. The summed E-state index contributed by atoms with van der Waals surface area (Å²) in [5, 5.41) is 23.3. The number of hydrogen-bond donors (Lipinski definition) is 2. The average Bonchev–Trinajstić information content (AvgIpc) is 2.50. The Kier molecular flexibility index (Phi) is 27.8. The maximum atomic E-state index is 10.3. The molecule has 0 aliphatic carbocycles. The summed E-state index contributed by atoms with van der Waals surface area (Å²) in [7, 11) is 0. The maximum absolute atomic E-state index is 10.3. The van der Waals surface area contributed by atoms with Crippen molar-refractivity contribution >= 4 is 5.97 Å². The minimum atomic E-state index is -1.75. The van der Waals surface area contributed by atoms with Gasteiger partial charge >= 0.3 is 5.97 Å². The van der Waals surface area contributed by atoms with E-state index in [1.54, 1.807) is 0 Å². The van der Waals surface area contributed by atoms with Gasteiger partial charge in [0.1, 0.15) is 0 Å². The summed E-state index contributed by atoms with van der Waals surface area (Å²) in [6.07, 6.45) is 21.2. The van der Waals surface area contributed by atoms with Crippen molar-refractivity contribution in [1.29, 1.82) is 0 Å². The van der Waals surface area contributed by atoms with Crippen LogP contribution < -0.4 is 6.15 Å². The van der Waals surface area contributed by atoms with Crippen LogP contribution >= 0.6 is 0 Å². The van der Waals surface area contributed by atoms with E-state index in [-0.39, 0.29) is 6.15 Å². The number of allylic oxidation sites excluding steroid dienone is 2. The second-order valence-electron chi connectivity index (χ2n) is 5.95. The van der Waals surface area contributed by atoms with E-state index >= 15 is 0 Å². The number of nitrogens with zero attached hydrogens (tertiary/aromatic N) is 1. The number of carbonyl (C=O) groups is 1. The predicted molar refractivity (Wildman–Crippen MR) is 103 cm³/mol. The van der Waals surface area contributed by atoms with E-state index in [4.69, 9.17) is 20.4 Å². The number of aliphatic carboxylic acids is 1. The van der Waals surface area contributed by atoms with Crippen LogP contribution in [0.4, 0.5) is 0 Å². The van der Waals surface area contributed by atoms with Gasteiger partial charge in [-0.3, -0.25) is 4.79 Å². The predicted octanol–water partition coefficient (Wildman–Crippen LogP) is 6.25. The summed E-state index contributed by atoms with van der Waals surface area (Å²) in [5.41, 5.74) is 0. The number of unbranched alkanes of at least 4 members (excludes halogenated alkanes) is 11. The van der Waals surface area contributed by atoms with Gasteiger partial charge in [0.2, 0.25) is 0 Å². The number of rotatable bonds is 15. The van der Waals surface area contributed by atoms with Crippen LogP contribution in [0.1, 0.15) is 96.8 Å². The summed E-state index contributed by atoms with van der Waals surface area (Å²) in [6, 6.07) is 0. The third kappa shape index (κ3) is 39.3. The molecule has 0 fully saturated rings. The van der Waals surface area contributed by atoms with Gasteiger partial charge in [0.25, 0.3) is 0 Å². The number of hydrogen-bond acceptors (Lipinski definition) is 4. The Balaban J connectivity index is -0.000000867. The lowest BCUT2D eigenvalue weighted by Crippen LogP contribution is -1.93. The zero-order valence-corrected chi connectivity index (χ0v) is 16.1. The van der Waals surface area contributed by atoms with Crippen LogP contribution in [0.25, 0.3) is 0 Å². The van der Waals surface area contributed by atoms with Crippen molar-refractivity contribution in [2.24, 2.45) is 0 Å². The molecular weight excluding hydrogens is 324 g/mol. The average molecular weight is 363 g/mol. The van der Waals surface area contributed by atoms with Crippen LogP contribution in [0.15, 0.2) is 12.2 Å². The van der Waals surface area contributed by atoms with Crippen molar-refractivity contribution in [3.05, 3.63) is 27.5 Å². The molecule has 5 N–H and O–H groups in total. The summed E-state index contributed by atoms with van der Waals surface area (Å²) in [5.74, 6) is -0.664. The monoisotopic (exact) mass is 362 g/mol. The van der Waals surface area contributed by atoms with Crippen molar-refractivity contribution < 1.29 is 15.0 Å². The highest BCUT2D eigenvalue weighted by Crippen LogP contribution is 2.09. The fraction of sp³-hybridized carbons (Fsp3) is 0.833. The SMILES string of the molecule is CCCCCCCCC=CCCCCCCCC(=O)O.O=[N+]([O-])[O-].[NH4+]. The van der Waals surface area contributed by atoms with Crippen LogP contribution in [0, 0.1) is 15.3 Å². The quantitative estimate of drug-likeness (QED) is 0.153.